The number of nitrogens with zero attached hydrogens (tertiary/aromatic N) is 2. The second-order valence-corrected chi connectivity index (χ2v) is 5.02. The highest BCUT2D eigenvalue weighted by Crippen LogP contribution is 2.21. The first-order valence-corrected chi connectivity index (χ1v) is 7.06. The van der Waals surface area contributed by atoms with Gasteiger partial charge in [-0.15, -0.1) is 11.3 Å². The molecule has 1 aliphatic rings. The van der Waals surface area contributed by atoms with Crippen molar-refractivity contribution in [2.75, 3.05) is 38.3 Å². The van der Waals surface area contributed by atoms with Crippen LogP contribution in [0.2, 0.25) is 0 Å². The van der Waals surface area contributed by atoms with Crippen LogP contribution in [0.25, 0.3) is 0 Å². The van der Waals surface area contributed by atoms with Crippen LogP contribution in [0.15, 0.2) is 5.38 Å². The Morgan fingerprint density at radius 2 is 2.21 bits per heavy atom. The number of nitrogens with one attached hydrogen (secondary N) is 3. The second-order valence-electron chi connectivity index (χ2n) is 3.77. The fourth-order valence-electron chi connectivity index (χ4n) is 1.51. The van der Waals surface area contributed by atoms with E-state index in [0.717, 1.165) is 18.2 Å². The molecule has 1 aliphatic heterocycles. The monoisotopic (exact) mass is 301 g/mol. The number of thiazole rings is 1. The Hall–Kier alpha value is -1.45. The van der Waals surface area contributed by atoms with E-state index >= 15 is 0 Å². The zero-order chi connectivity index (χ0) is 13.7. The van der Waals surface area contributed by atoms with Crippen molar-refractivity contribution < 1.29 is 9.53 Å². The maximum absolute atomic E-state index is 11.8. The van der Waals surface area contributed by atoms with Crippen LogP contribution in [0.3, 0.4) is 0 Å². The molecule has 2 heterocycles. The predicted octanol–water partition coefficient (Wildman–Crippen LogP) is -0.282. The molecule has 0 spiro atoms. The number of carbonyl (C=O) groups excluding carboxylic acids is 1. The summed E-state index contributed by atoms with van der Waals surface area (Å²) in [6, 6.07) is 0. The number of thiocarbonyl (C=S) groups is 1. The minimum absolute atomic E-state index is 0.312. The molecule has 104 valence electrons. The van der Waals surface area contributed by atoms with Gasteiger partial charge in [0.1, 0.15) is 5.69 Å². The van der Waals surface area contributed by atoms with Crippen LogP contribution < -0.4 is 21.1 Å². The molecule has 1 aromatic rings. The van der Waals surface area contributed by atoms with E-state index in [0.29, 0.717) is 24.0 Å². The third-order valence-corrected chi connectivity index (χ3v) is 3.73. The number of anilines is 1. The highest BCUT2D eigenvalue weighted by molar-refractivity contribution is 7.80. The number of carbonyl (C=O) groups is 1. The molecule has 3 N–H and O–H groups in total. The van der Waals surface area contributed by atoms with Crippen molar-refractivity contribution in [2.24, 2.45) is 0 Å². The third-order valence-electron chi connectivity index (χ3n) is 2.52. The Balaban J connectivity index is 1.92. The molecule has 9 heteroatoms. The summed E-state index contributed by atoms with van der Waals surface area (Å²) in [4.78, 5) is 18.2. The second kappa shape index (κ2) is 6.64. The van der Waals surface area contributed by atoms with Crippen LogP contribution >= 0.6 is 23.6 Å². The van der Waals surface area contributed by atoms with Crippen molar-refractivity contribution in [1.29, 1.82) is 0 Å². The van der Waals surface area contributed by atoms with Crippen molar-refractivity contribution >= 4 is 39.7 Å². The fraction of sp³-hybridized carbons (Fsp3) is 0.500. The van der Waals surface area contributed by atoms with Gasteiger partial charge in [-0.3, -0.25) is 15.6 Å². The van der Waals surface area contributed by atoms with Gasteiger partial charge in [0.05, 0.1) is 13.2 Å². The standard InChI is InChI=1S/C10H15N5O2S2/c1-11-9(18)14-13-8(16)7-6-19-10(12-7)15-2-4-17-5-3-15/h6H,2-5H2,1H3,(H,13,16)(H2,11,14,18). The molecule has 0 atom stereocenters. The van der Waals surface area contributed by atoms with Gasteiger partial charge in [-0.2, -0.15) is 0 Å². The third kappa shape index (κ3) is 3.75. The van der Waals surface area contributed by atoms with Gasteiger partial charge in [0, 0.05) is 25.5 Å². The molecule has 0 radical (unpaired) electrons. The lowest BCUT2D eigenvalue weighted by atomic mass is 10.4. The topological polar surface area (TPSA) is 78.5 Å². The quantitative estimate of drug-likeness (QED) is 0.512. The Labute approximate surface area is 120 Å². The van der Waals surface area contributed by atoms with Gasteiger partial charge in [-0.25, -0.2) is 4.98 Å². The summed E-state index contributed by atoms with van der Waals surface area (Å²) >= 11 is 6.30. The molecule has 19 heavy (non-hydrogen) atoms. The lowest BCUT2D eigenvalue weighted by molar-refractivity contribution is 0.0939. The minimum atomic E-state index is -0.312. The van der Waals surface area contributed by atoms with E-state index in [4.69, 9.17) is 17.0 Å². The Morgan fingerprint density at radius 1 is 1.47 bits per heavy atom. The van der Waals surface area contributed by atoms with E-state index in [1.807, 2.05) is 0 Å². The first kappa shape index (κ1) is 14.0. The van der Waals surface area contributed by atoms with Gasteiger partial charge < -0.3 is 15.0 Å². The van der Waals surface area contributed by atoms with Crippen LogP contribution in [-0.4, -0.2) is 49.4 Å². The lowest BCUT2D eigenvalue weighted by Crippen LogP contribution is -2.45. The number of amides is 1. The molecule has 0 saturated carbocycles. The zero-order valence-electron chi connectivity index (χ0n) is 10.4. The maximum atomic E-state index is 11.8. The lowest BCUT2D eigenvalue weighted by Gasteiger charge is -2.25. The van der Waals surface area contributed by atoms with E-state index in [1.165, 1.54) is 11.3 Å². The highest BCUT2D eigenvalue weighted by Gasteiger charge is 2.17. The number of morpholine rings is 1. The van der Waals surface area contributed by atoms with Crippen LogP contribution in [0.4, 0.5) is 5.13 Å². The summed E-state index contributed by atoms with van der Waals surface area (Å²) in [5.41, 5.74) is 5.42. The van der Waals surface area contributed by atoms with E-state index in [1.54, 1.807) is 12.4 Å². The van der Waals surface area contributed by atoms with Gasteiger partial charge in [-0.05, 0) is 12.2 Å². The summed E-state index contributed by atoms with van der Waals surface area (Å²) in [7, 11) is 1.67. The number of hydrazine groups is 1. The first-order valence-electron chi connectivity index (χ1n) is 5.77. The van der Waals surface area contributed by atoms with Gasteiger partial charge in [0.2, 0.25) is 0 Å². The van der Waals surface area contributed by atoms with Crippen molar-refractivity contribution in [2.45, 2.75) is 0 Å². The molecule has 7 nitrogen and oxygen atoms in total. The Morgan fingerprint density at radius 3 is 2.89 bits per heavy atom. The molecule has 1 fully saturated rings. The van der Waals surface area contributed by atoms with E-state index in [-0.39, 0.29) is 5.91 Å². The summed E-state index contributed by atoms with van der Waals surface area (Å²) in [6.07, 6.45) is 0. The molecule has 0 aromatic carbocycles. The molecule has 1 aromatic heterocycles. The molecule has 0 aliphatic carbocycles. The largest absolute Gasteiger partial charge is 0.378 e. The Kier molecular flexibility index (Phi) is 4.88. The minimum Gasteiger partial charge on any atom is -0.378 e. The zero-order valence-corrected chi connectivity index (χ0v) is 12.1. The first-order chi connectivity index (χ1) is 9.20. The van der Waals surface area contributed by atoms with Crippen molar-refractivity contribution in [3.8, 4) is 0 Å². The summed E-state index contributed by atoms with van der Waals surface area (Å²) in [5.74, 6) is -0.312. The van der Waals surface area contributed by atoms with Crippen molar-refractivity contribution in [3.63, 3.8) is 0 Å². The summed E-state index contributed by atoms with van der Waals surface area (Å²) in [6.45, 7) is 2.99. The van der Waals surface area contributed by atoms with Crippen LogP contribution in [-0.2, 0) is 4.74 Å². The molecule has 0 unspecified atom stereocenters. The molecular formula is C10H15N5O2S2. The number of ether oxygens (including phenoxy) is 1. The predicted molar refractivity (Wildman–Crippen MR) is 77.4 cm³/mol. The number of aromatic nitrogens is 1. The highest BCUT2D eigenvalue weighted by atomic mass is 32.1. The van der Waals surface area contributed by atoms with Crippen molar-refractivity contribution in [1.82, 2.24) is 21.2 Å². The van der Waals surface area contributed by atoms with Crippen molar-refractivity contribution in [3.05, 3.63) is 11.1 Å². The number of rotatable bonds is 2. The Bertz CT molecular complexity index is 459. The van der Waals surface area contributed by atoms with E-state index < -0.39 is 0 Å². The average molecular weight is 301 g/mol. The summed E-state index contributed by atoms with van der Waals surface area (Å²) < 4.78 is 5.28. The molecule has 0 bridgehead atoms. The molecule has 1 saturated heterocycles. The van der Waals surface area contributed by atoms with Crippen LogP contribution in [0, 0.1) is 0 Å². The summed E-state index contributed by atoms with van der Waals surface area (Å²) in [5, 5.41) is 5.60. The molecule has 1 amide bonds. The smallest absolute Gasteiger partial charge is 0.289 e. The fourth-order valence-corrected chi connectivity index (χ4v) is 2.42. The normalized spacial score (nSPS) is 14.9. The van der Waals surface area contributed by atoms with Gasteiger partial charge >= 0.3 is 0 Å². The maximum Gasteiger partial charge on any atom is 0.289 e. The van der Waals surface area contributed by atoms with Crippen LogP contribution in [0.5, 0.6) is 0 Å². The number of hydrogen-bond acceptors (Lipinski definition) is 6. The van der Waals surface area contributed by atoms with Gasteiger partial charge in [-0.1, -0.05) is 0 Å². The van der Waals surface area contributed by atoms with Gasteiger partial charge in [0.25, 0.3) is 5.91 Å². The van der Waals surface area contributed by atoms with Crippen LogP contribution in [0.1, 0.15) is 10.5 Å². The van der Waals surface area contributed by atoms with E-state index in [9.17, 15) is 4.79 Å². The van der Waals surface area contributed by atoms with Gasteiger partial charge in [0.15, 0.2) is 10.2 Å². The number of hydrogen-bond donors (Lipinski definition) is 3. The molecule has 2 rings (SSSR count). The van der Waals surface area contributed by atoms with E-state index in [2.05, 4.69) is 26.1 Å². The SMILES string of the molecule is CNC(=S)NNC(=O)c1csc(N2CCOCC2)n1. The molecular weight excluding hydrogens is 286 g/mol. The average Bonchev–Trinajstić information content (AvgIpc) is 2.95.